The van der Waals surface area contributed by atoms with E-state index in [9.17, 15) is 0 Å². The lowest BCUT2D eigenvalue weighted by atomic mass is 10.1. The maximum absolute atomic E-state index is 6.18. The monoisotopic (exact) mass is 303 g/mol. The Balaban J connectivity index is 2.11. The number of ether oxygens (including phenoxy) is 1. The van der Waals surface area contributed by atoms with Crippen molar-refractivity contribution >= 4 is 34.1 Å². The zero-order valence-electron chi connectivity index (χ0n) is 10.5. The van der Waals surface area contributed by atoms with E-state index in [1.54, 1.807) is 0 Å². The molecule has 1 heterocycles. The van der Waals surface area contributed by atoms with E-state index >= 15 is 0 Å². The zero-order chi connectivity index (χ0) is 13.9. The highest BCUT2D eigenvalue weighted by atomic mass is 35.5. The lowest BCUT2D eigenvalue weighted by Crippen LogP contribution is -1.94. The second-order valence-electron chi connectivity index (χ2n) is 4.31. The molecule has 2 nitrogen and oxygen atoms in total. The molecule has 0 aliphatic carbocycles. The van der Waals surface area contributed by atoms with Crippen LogP contribution in [0.25, 0.3) is 10.9 Å². The van der Waals surface area contributed by atoms with Crippen molar-refractivity contribution in [3.05, 3.63) is 65.2 Å². The standard InChI is InChI=1S/C16H11Cl2NO/c17-10-12-9-11-5-4-8-14(18)15(11)19-16(12)20-13-6-2-1-3-7-13/h1-9H,10H2. The van der Waals surface area contributed by atoms with Crippen molar-refractivity contribution in [2.75, 3.05) is 0 Å². The molecule has 1 aromatic heterocycles. The smallest absolute Gasteiger partial charge is 0.224 e. The van der Waals surface area contributed by atoms with Crippen molar-refractivity contribution in [3.63, 3.8) is 0 Å². The van der Waals surface area contributed by atoms with E-state index in [4.69, 9.17) is 27.9 Å². The number of para-hydroxylation sites is 2. The number of halogens is 2. The number of nitrogens with zero attached hydrogens (tertiary/aromatic N) is 1. The number of rotatable bonds is 3. The molecule has 0 atom stereocenters. The Morgan fingerprint density at radius 3 is 2.55 bits per heavy atom. The van der Waals surface area contributed by atoms with Gasteiger partial charge in [-0.2, -0.15) is 0 Å². The van der Waals surface area contributed by atoms with Gasteiger partial charge in [-0.1, -0.05) is 41.9 Å². The second kappa shape index (κ2) is 5.70. The van der Waals surface area contributed by atoms with Crippen LogP contribution >= 0.6 is 23.2 Å². The van der Waals surface area contributed by atoms with Crippen molar-refractivity contribution in [1.29, 1.82) is 0 Å². The van der Waals surface area contributed by atoms with E-state index < -0.39 is 0 Å². The summed E-state index contributed by atoms with van der Waals surface area (Å²) >= 11 is 12.2. The first kappa shape index (κ1) is 13.2. The molecular weight excluding hydrogens is 293 g/mol. The molecule has 0 radical (unpaired) electrons. The summed E-state index contributed by atoms with van der Waals surface area (Å²) in [6.07, 6.45) is 0. The molecule has 0 aliphatic rings. The zero-order valence-corrected chi connectivity index (χ0v) is 12.0. The average Bonchev–Trinajstić information content (AvgIpc) is 2.48. The van der Waals surface area contributed by atoms with Gasteiger partial charge in [0, 0.05) is 10.9 Å². The quantitative estimate of drug-likeness (QED) is 0.603. The number of hydrogen-bond donors (Lipinski definition) is 0. The van der Waals surface area contributed by atoms with E-state index in [0.29, 0.717) is 22.3 Å². The number of pyridine rings is 1. The Hall–Kier alpha value is -1.77. The molecule has 0 amide bonds. The van der Waals surface area contributed by atoms with Crippen LogP contribution in [0.5, 0.6) is 11.6 Å². The van der Waals surface area contributed by atoms with Crippen LogP contribution in [0.2, 0.25) is 5.02 Å². The molecule has 0 aliphatic heterocycles. The fourth-order valence-corrected chi connectivity index (χ4v) is 2.39. The molecule has 0 fully saturated rings. The van der Waals surface area contributed by atoms with E-state index in [0.717, 1.165) is 16.7 Å². The molecule has 0 saturated carbocycles. The van der Waals surface area contributed by atoms with E-state index in [-0.39, 0.29) is 0 Å². The Labute approximate surface area is 126 Å². The van der Waals surface area contributed by atoms with Gasteiger partial charge in [0.25, 0.3) is 0 Å². The second-order valence-corrected chi connectivity index (χ2v) is 4.99. The Morgan fingerprint density at radius 1 is 1.00 bits per heavy atom. The molecule has 3 rings (SSSR count). The number of hydrogen-bond acceptors (Lipinski definition) is 2. The number of benzene rings is 2. The Kier molecular flexibility index (Phi) is 3.77. The number of aromatic nitrogens is 1. The van der Waals surface area contributed by atoms with Gasteiger partial charge in [-0.3, -0.25) is 0 Å². The highest BCUT2D eigenvalue weighted by Gasteiger charge is 2.10. The van der Waals surface area contributed by atoms with Gasteiger partial charge in [-0.15, -0.1) is 11.6 Å². The Morgan fingerprint density at radius 2 is 1.80 bits per heavy atom. The summed E-state index contributed by atoms with van der Waals surface area (Å²) in [4.78, 5) is 4.50. The summed E-state index contributed by atoms with van der Waals surface area (Å²) in [5, 5.41) is 1.55. The van der Waals surface area contributed by atoms with Crippen LogP contribution in [0, 0.1) is 0 Å². The summed E-state index contributed by atoms with van der Waals surface area (Å²) in [5.74, 6) is 1.54. The highest BCUT2D eigenvalue weighted by Crippen LogP contribution is 2.30. The van der Waals surface area contributed by atoms with Gasteiger partial charge < -0.3 is 4.74 Å². The normalized spacial score (nSPS) is 10.7. The van der Waals surface area contributed by atoms with Gasteiger partial charge in [0.15, 0.2) is 0 Å². The third kappa shape index (κ3) is 2.58. The van der Waals surface area contributed by atoms with Crippen molar-refractivity contribution in [1.82, 2.24) is 4.98 Å². The van der Waals surface area contributed by atoms with Gasteiger partial charge in [-0.25, -0.2) is 4.98 Å². The first-order valence-electron chi connectivity index (χ1n) is 6.15. The maximum atomic E-state index is 6.18. The predicted molar refractivity (Wildman–Crippen MR) is 82.8 cm³/mol. The van der Waals surface area contributed by atoms with Crippen LogP contribution in [0.4, 0.5) is 0 Å². The molecule has 100 valence electrons. The molecule has 2 aromatic carbocycles. The van der Waals surface area contributed by atoms with Crippen LogP contribution in [0.15, 0.2) is 54.6 Å². The maximum Gasteiger partial charge on any atom is 0.224 e. The molecular formula is C16H11Cl2NO. The fraction of sp³-hybridized carbons (Fsp3) is 0.0625. The van der Waals surface area contributed by atoms with E-state index in [2.05, 4.69) is 4.98 Å². The van der Waals surface area contributed by atoms with E-state index in [1.807, 2.05) is 54.6 Å². The van der Waals surface area contributed by atoms with Gasteiger partial charge in [0.1, 0.15) is 5.75 Å². The first-order chi connectivity index (χ1) is 9.78. The van der Waals surface area contributed by atoms with Crippen LogP contribution < -0.4 is 4.74 Å². The highest BCUT2D eigenvalue weighted by molar-refractivity contribution is 6.35. The minimum atomic E-state index is 0.331. The predicted octanol–water partition coefficient (Wildman–Crippen LogP) is 5.42. The van der Waals surface area contributed by atoms with Gasteiger partial charge in [0.05, 0.1) is 16.4 Å². The Bertz CT molecular complexity index is 744. The molecule has 0 bridgehead atoms. The first-order valence-corrected chi connectivity index (χ1v) is 7.06. The molecule has 4 heteroatoms. The van der Waals surface area contributed by atoms with Gasteiger partial charge in [-0.05, 0) is 24.3 Å². The number of fused-ring (bicyclic) bond motifs is 1. The molecule has 20 heavy (non-hydrogen) atoms. The minimum absolute atomic E-state index is 0.331. The third-order valence-electron chi connectivity index (χ3n) is 2.94. The molecule has 0 saturated heterocycles. The fourth-order valence-electron chi connectivity index (χ4n) is 1.97. The lowest BCUT2D eigenvalue weighted by molar-refractivity contribution is 0.460. The lowest BCUT2D eigenvalue weighted by Gasteiger charge is -2.10. The van der Waals surface area contributed by atoms with Crippen molar-refractivity contribution in [2.24, 2.45) is 0 Å². The van der Waals surface area contributed by atoms with Crippen LogP contribution in [-0.2, 0) is 5.88 Å². The average molecular weight is 304 g/mol. The van der Waals surface area contributed by atoms with Crippen LogP contribution in [0.3, 0.4) is 0 Å². The summed E-state index contributed by atoms with van der Waals surface area (Å²) in [5.41, 5.74) is 1.55. The van der Waals surface area contributed by atoms with Crippen LogP contribution in [-0.4, -0.2) is 4.98 Å². The molecule has 0 N–H and O–H groups in total. The largest absolute Gasteiger partial charge is 0.439 e. The minimum Gasteiger partial charge on any atom is -0.439 e. The summed E-state index contributed by atoms with van der Waals surface area (Å²) in [6, 6.07) is 17.1. The summed E-state index contributed by atoms with van der Waals surface area (Å²) in [7, 11) is 0. The van der Waals surface area contributed by atoms with Gasteiger partial charge in [0.2, 0.25) is 5.88 Å². The topological polar surface area (TPSA) is 22.1 Å². The molecule has 3 aromatic rings. The van der Waals surface area contributed by atoms with Gasteiger partial charge >= 0.3 is 0 Å². The van der Waals surface area contributed by atoms with Crippen molar-refractivity contribution in [3.8, 4) is 11.6 Å². The number of alkyl halides is 1. The van der Waals surface area contributed by atoms with Crippen molar-refractivity contribution < 1.29 is 4.74 Å². The third-order valence-corrected chi connectivity index (χ3v) is 3.53. The molecule has 0 unspecified atom stereocenters. The summed E-state index contributed by atoms with van der Waals surface area (Å²) < 4.78 is 5.81. The molecule has 0 spiro atoms. The van der Waals surface area contributed by atoms with Crippen molar-refractivity contribution in [2.45, 2.75) is 5.88 Å². The van der Waals surface area contributed by atoms with E-state index in [1.165, 1.54) is 0 Å². The van der Waals surface area contributed by atoms with Crippen LogP contribution in [0.1, 0.15) is 5.56 Å². The summed E-state index contributed by atoms with van der Waals surface area (Å²) in [6.45, 7) is 0. The SMILES string of the molecule is ClCc1cc2cccc(Cl)c2nc1Oc1ccccc1.